The molecule has 0 bridgehead atoms. The number of nitrogens with one attached hydrogen (secondary N) is 1. The molecule has 5 rings (SSSR count). The maximum absolute atomic E-state index is 3.63. The van der Waals surface area contributed by atoms with Gasteiger partial charge in [-0.05, 0) is 36.8 Å². The van der Waals surface area contributed by atoms with E-state index >= 15 is 0 Å². The molecule has 22 heavy (non-hydrogen) atoms. The third-order valence-electron chi connectivity index (χ3n) is 4.14. The van der Waals surface area contributed by atoms with Gasteiger partial charge >= 0.3 is 0 Å². The van der Waals surface area contributed by atoms with E-state index in [2.05, 4.69) is 66.5 Å². The molecule has 0 spiro atoms. The summed E-state index contributed by atoms with van der Waals surface area (Å²) in [6, 6.07) is 19.8. The van der Waals surface area contributed by atoms with Gasteiger partial charge in [0.1, 0.15) is 0 Å². The van der Waals surface area contributed by atoms with Crippen LogP contribution in [0.3, 0.4) is 0 Å². The first-order valence-electron chi connectivity index (χ1n) is 7.29. The number of hydrogen-bond donors (Lipinski definition) is 1. The van der Waals surface area contributed by atoms with Crippen LogP contribution in [0.1, 0.15) is 4.88 Å². The van der Waals surface area contributed by atoms with Crippen molar-refractivity contribution in [2.45, 2.75) is 6.92 Å². The Labute approximate surface area is 135 Å². The van der Waals surface area contributed by atoms with E-state index in [1.807, 2.05) is 22.7 Å². The van der Waals surface area contributed by atoms with E-state index in [4.69, 9.17) is 0 Å². The minimum Gasteiger partial charge on any atom is -0.353 e. The second kappa shape index (κ2) is 4.45. The Morgan fingerprint density at radius 2 is 1.77 bits per heavy atom. The molecule has 3 heteroatoms. The zero-order valence-corrected chi connectivity index (χ0v) is 13.6. The van der Waals surface area contributed by atoms with Crippen molar-refractivity contribution in [1.82, 2.24) is 4.98 Å². The van der Waals surface area contributed by atoms with Crippen LogP contribution in [0.2, 0.25) is 0 Å². The number of rotatable bonds is 1. The lowest BCUT2D eigenvalue weighted by Crippen LogP contribution is -1.73. The normalized spacial score (nSPS) is 11.9. The number of fused-ring (bicyclic) bond motifs is 5. The van der Waals surface area contributed by atoms with Gasteiger partial charge in [0.2, 0.25) is 0 Å². The molecule has 0 saturated carbocycles. The lowest BCUT2D eigenvalue weighted by molar-refractivity contribution is 1.57. The number of thiophene rings is 2. The third-order valence-corrected chi connectivity index (χ3v) is 6.40. The number of hydrogen-bond acceptors (Lipinski definition) is 2. The Balaban J connectivity index is 1.81. The third kappa shape index (κ3) is 1.70. The number of aryl methyl sites for hydroxylation is 1. The molecule has 0 radical (unpaired) electrons. The predicted octanol–water partition coefficient (Wildman–Crippen LogP) is 6.57. The van der Waals surface area contributed by atoms with Gasteiger partial charge in [-0.25, -0.2) is 0 Å². The van der Waals surface area contributed by atoms with E-state index in [0.717, 1.165) is 0 Å². The molecular weight excluding hydrogens is 306 g/mol. The average molecular weight is 319 g/mol. The molecule has 3 aromatic heterocycles. The summed E-state index contributed by atoms with van der Waals surface area (Å²) in [4.78, 5) is 6.32. The second-order valence-corrected chi connectivity index (χ2v) is 7.94. The summed E-state index contributed by atoms with van der Waals surface area (Å²) in [5.41, 5.74) is 3.80. The van der Waals surface area contributed by atoms with Crippen molar-refractivity contribution in [2.75, 3.05) is 0 Å². The van der Waals surface area contributed by atoms with Crippen LogP contribution in [0.15, 0.2) is 54.6 Å². The van der Waals surface area contributed by atoms with Gasteiger partial charge in [-0.2, -0.15) is 0 Å². The Bertz CT molecular complexity index is 1140. The van der Waals surface area contributed by atoms with Gasteiger partial charge in [-0.15, -0.1) is 22.7 Å². The fraction of sp³-hybridized carbons (Fsp3) is 0.0526. The molecule has 0 amide bonds. The topological polar surface area (TPSA) is 15.8 Å². The first-order valence-corrected chi connectivity index (χ1v) is 8.93. The van der Waals surface area contributed by atoms with Crippen molar-refractivity contribution in [1.29, 1.82) is 0 Å². The van der Waals surface area contributed by atoms with E-state index in [1.165, 1.54) is 46.5 Å². The van der Waals surface area contributed by atoms with E-state index in [1.54, 1.807) is 0 Å². The Kier molecular flexibility index (Phi) is 2.52. The molecule has 0 aliphatic rings. The summed E-state index contributed by atoms with van der Waals surface area (Å²) in [5, 5.41) is 2.65. The monoisotopic (exact) mass is 319 g/mol. The van der Waals surface area contributed by atoms with Gasteiger partial charge in [0, 0.05) is 30.7 Å². The highest BCUT2D eigenvalue weighted by Gasteiger charge is 2.12. The van der Waals surface area contributed by atoms with Crippen LogP contribution in [0.5, 0.6) is 0 Å². The van der Waals surface area contributed by atoms with Crippen molar-refractivity contribution in [3.8, 4) is 10.4 Å². The molecular formula is C19H13NS2. The minimum atomic E-state index is 1.23. The summed E-state index contributed by atoms with van der Waals surface area (Å²) < 4.78 is 2.72. The quantitative estimate of drug-likeness (QED) is 0.359. The Morgan fingerprint density at radius 1 is 0.864 bits per heavy atom. The van der Waals surface area contributed by atoms with Gasteiger partial charge in [-0.1, -0.05) is 30.3 Å². The van der Waals surface area contributed by atoms with Crippen molar-refractivity contribution >= 4 is 53.9 Å². The molecule has 0 aliphatic heterocycles. The summed E-state index contributed by atoms with van der Waals surface area (Å²) >= 11 is 3.72. The van der Waals surface area contributed by atoms with E-state index in [9.17, 15) is 0 Å². The Morgan fingerprint density at radius 3 is 2.64 bits per heavy atom. The van der Waals surface area contributed by atoms with Gasteiger partial charge < -0.3 is 4.98 Å². The molecule has 2 aromatic carbocycles. The van der Waals surface area contributed by atoms with Gasteiger partial charge in [0.05, 0.1) is 10.2 Å². The summed E-state index contributed by atoms with van der Waals surface area (Å²) in [5.74, 6) is 0. The van der Waals surface area contributed by atoms with Crippen molar-refractivity contribution in [3.05, 3.63) is 59.5 Å². The minimum absolute atomic E-state index is 1.23. The molecule has 0 atom stereocenters. The molecule has 0 saturated heterocycles. The van der Waals surface area contributed by atoms with Crippen LogP contribution in [-0.4, -0.2) is 4.98 Å². The molecule has 3 heterocycles. The summed E-state index contributed by atoms with van der Waals surface area (Å²) in [7, 11) is 0. The molecule has 0 fully saturated rings. The summed E-state index contributed by atoms with van der Waals surface area (Å²) in [6.45, 7) is 2.16. The molecule has 0 aliphatic carbocycles. The highest BCUT2D eigenvalue weighted by molar-refractivity contribution is 7.26. The number of benzene rings is 2. The maximum atomic E-state index is 3.63. The van der Waals surface area contributed by atoms with Gasteiger partial charge in [-0.3, -0.25) is 0 Å². The lowest BCUT2D eigenvalue weighted by atomic mass is 10.1. The largest absolute Gasteiger partial charge is 0.353 e. The number of aromatic amines is 1. The lowest BCUT2D eigenvalue weighted by Gasteiger charge is -1.98. The van der Waals surface area contributed by atoms with Crippen LogP contribution in [-0.2, 0) is 0 Å². The molecule has 106 valence electrons. The van der Waals surface area contributed by atoms with E-state index in [-0.39, 0.29) is 0 Å². The van der Waals surface area contributed by atoms with E-state index < -0.39 is 0 Å². The van der Waals surface area contributed by atoms with Crippen LogP contribution in [0.4, 0.5) is 0 Å². The fourth-order valence-electron chi connectivity index (χ4n) is 3.08. The van der Waals surface area contributed by atoms with Crippen LogP contribution in [0.25, 0.3) is 41.6 Å². The smallest absolute Gasteiger partial charge is 0.0654 e. The standard InChI is InChI=1S/C19H13NS2/c1-11-6-9-16(21-11)12-7-8-13-15(10-12)20-18-14-4-2-3-5-17(14)22-19(13)18/h2-10,20H,1H3. The zero-order valence-electron chi connectivity index (χ0n) is 12.0. The van der Waals surface area contributed by atoms with Crippen LogP contribution in [0, 0.1) is 6.92 Å². The predicted molar refractivity (Wildman–Crippen MR) is 99.2 cm³/mol. The van der Waals surface area contributed by atoms with Gasteiger partial charge in [0.15, 0.2) is 0 Å². The molecule has 0 unspecified atom stereocenters. The highest BCUT2D eigenvalue weighted by Crippen LogP contribution is 2.39. The molecule has 1 N–H and O–H groups in total. The van der Waals surface area contributed by atoms with E-state index in [0.29, 0.717) is 0 Å². The van der Waals surface area contributed by atoms with Crippen molar-refractivity contribution in [2.24, 2.45) is 0 Å². The van der Waals surface area contributed by atoms with Crippen LogP contribution < -0.4 is 0 Å². The maximum Gasteiger partial charge on any atom is 0.0654 e. The summed E-state index contributed by atoms with van der Waals surface area (Å²) in [6.07, 6.45) is 0. The zero-order chi connectivity index (χ0) is 14.7. The number of H-pyrrole nitrogens is 1. The van der Waals surface area contributed by atoms with Crippen molar-refractivity contribution < 1.29 is 0 Å². The van der Waals surface area contributed by atoms with Crippen LogP contribution >= 0.6 is 22.7 Å². The Hall–Kier alpha value is -2.10. The first kappa shape index (κ1) is 12.4. The fourth-order valence-corrected chi connectivity index (χ4v) is 5.14. The highest BCUT2D eigenvalue weighted by atomic mass is 32.1. The first-order chi connectivity index (χ1) is 10.8. The average Bonchev–Trinajstić information content (AvgIpc) is 3.20. The second-order valence-electron chi connectivity index (χ2n) is 5.60. The van der Waals surface area contributed by atoms with Gasteiger partial charge in [0.25, 0.3) is 0 Å². The van der Waals surface area contributed by atoms with Crippen molar-refractivity contribution in [3.63, 3.8) is 0 Å². The molecule has 1 nitrogen and oxygen atoms in total. The SMILES string of the molecule is Cc1ccc(-c2ccc3c(c2)[nH]c2c4ccccc4sc32)s1. The molecule has 5 aromatic rings. The number of aromatic nitrogens is 1.